The van der Waals surface area contributed by atoms with E-state index in [1.807, 2.05) is 0 Å². The molecule has 0 saturated carbocycles. The standard InChI is InChI=1S/C13H9Cl2NO5/c1-19-12(17)9-10(13(18)20-2)21-11(16-9)6-3-7(14)5-8(15)4-6/h3-5H,1-2H3. The molecule has 8 heteroatoms. The van der Waals surface area contributed by atoms with Crippen molar-refractivity contribution in [1.29, 1.82) is 0 Å². The van der Waals surface area contributed by atoms with Crippen LogP contribution in [-0.2, 0) is 9.47 Å². The number of carbonyl (C=O) groups is 2. The van der Waals surface area contributed by atoms with Gasteiger partial charge in [0.25, 0.3) is 0 Å². The highest BCUT2D eigenvalue weighted by Crippen LogP contribution is 2.28. The maximum absolute atomic E-state index is 11.6. The van der Waals surface area contributed by atoms with Crippen LogP contribution in [0.5, 0.6) is 0 Å². The second-order valence-electron chi connectivity index (χ2n) is 3.84. The third kappa shape index (κ3) is 3.17. The smallest absolute Gasteiger partial charge is 0.376 e. The van der Waals surface area contributed by atoms with Crippen LogP contribution in [0, 0.1) is 0 Å². The van der Waals surface area contributed by atoms with Crippen molar-refractivity contribution in [2.24, 2.45) is 0 Å². The van der Waals surface area contributed by atoms with Gasteiger partial charge in [-0.15, -0.1) is 0 Å². The fourth-order valence-corrected chi connectivity index (χ4v) is 2.11. The molecule has 0 amide bonds. The van der Waals surface area contributed by atoms with E-state index in [0.29, 0.717) is 15.6 Å². The maximum Gasteiger partial charge on any atom is 0.376 e. The molecule has 0 fully saturated rings. The molecule has 21 heavy (non-hydrogen) atoms. The van der Waals surface area contributed by atoms with Crippen molar-refractivity contribution < 1.29 is 23.5 Å². The number of carbonyl (C=O) groups excluding carboxylic acids is 2. The van der Waals surface area contributed by atoms with Crippen LogP contribution in [0.25, 0.3) is 11.5 Å². The van der Waals surface area contributed by atoms with Crippen molar-refractivity contribution in [3.63, 3.8) is 0 Å². The second-order valence-corrected chi connectivity index (χ2v) is 4.71. The summed E-state index contributed by atoms with van der Waals surface area (Å²) in [5.74, 6) is -2.02. The second kappa shape index (κ2) is 6.15. The van der Waals surface area contributed by atoms with Crippen LogP contribution in [0.15, 0.2) is 22.6 Å². The third-order valence-electron chi connectivity index (χ3n) is 2.49. The van der Waals surface area contributed by atoms with Crippen molar-refractivity contribution in [2.75, 3.05) is 14.2 Å². The fourth-order valence-electron chi connectivity index (χ4n) is 1.59. The van der Waals surface area contributed by atoms with Crippen LogP contribution in [0.2, 0.25) is 10.0 Å². The van der Waals surface area contributed by atoms with Gasteiger partial charge in [0.05, 0.1) is 14.2 Å². The van der Waals surface area contributed by atoms with E-state index in [2.05, 4.69) is 14.5 Å². The first-order valence-corrected chi connectivity index (χ1v) is 6.35. The number of oxazole rings is 1. The number of ether oxygens (including phenoxy) is 2. The van der Waals surface area contributed by atoms with Gasteiger partial charge < -0.3 is 13.9 Å². The molecule has 0 aliphatic rings. The molecule has 1 aromatic carbocycles. The average Bonchev–Trinajstić information content (AvgIpc) is 2.89. The van der Waals surface area contributed by atoms with Crippen LogP contribution in [0.3, 0.4) is 0 Å². The van der Waals surface area contributed by atoms with Gasteiger partial charge in [-0.1, -0.05) is 23.2 Å². The molecule has 2 rings (SSSR count). The largest absolute Gasteiger partial charge is 0.464 e. The van der Waals surface area contributed by atoms with Crippen molar-refractivity contribution in [2.45, 2.75) is 0 Å². The highest BCUT2D eigenvalue weighted by Gasteiger charge is 2.27. The van der Waals surface area contributed by atoms with Crippen LogP contribution >= 0.6 is 23.2 Å². The summed E-state index contributed by atoms with van der Waals surface area (Å²) in [7, 11) is 2.32. The first-order chi connectivity index (χ1) is 9.96. The van der Waals surface area contributed by atoms with Crippen molar-refractivity contribution >= 4 is 35.1 Å². The number of rotatable bonds is 3. The lowest BCUT2D eigenvalue weighted by Crippen LogP contribution is -2.10. The molecule has 6 nitrogen and oxygen atoms in total. The molecule has 110 valence electrons. The first kappa shape index (κ1) is 15.3. The van der Waals surface area contributed by atoms with Crippen LogP contribution < -0.4 is 0 Å². The average molecular weight is 330 g/mol. The molecular weight excluding hydrogens is 321 g/mol. The van der Waals surface area contributed by atoms with Crippen LogP contribution in [0.4, 0.5) is 0 Å². The summed E-state index contributed by atoms with van der Waals surface area (Å²) in [6, 6.07) is 4.58. The van der Waals surface area contributed by atoms with Gasteiger partial charge in [-0.2, -0.15) is 0 Å². The number of halogens is 2. The summed E-state index contributed by atoms with van der Waals surface area (Å²) >= 11 is 11.8. The SMILES string of the molecule is COC(=O)c1nc(-c2cc(Cl)cc(Cl)c2)oc1C(=O)OC. The van der Waals surface area contributed by atoms with Gasteiger partial charge in [0.1, 0.15) is 0 Å². The number of hydrogen-bond donors (Lipinski definition) is 0. The maximum atomic E-state index is 11.6. The minimum absolute atomic E-state index is 0.000185. The molecule has 0 aliphatic carbocycles. The minimum atomic E-state index is -0.845. The summed E-state index contributed by atoms with van der Waals surface area (Å²) in [6.07, 6.45) is 0. The van der Waals surface area contributed by atoms with E-state index in [-0.39, 0.29) is 17.3 Å². The molecule has 2 aromatic rings. The van der Waals surface area contributed by atoms with Gasteiger partial charge in [-0.3, -0.25) is 0 Å². The lowest BCUT2D eigenvalue weighted by molar-refractivity contribution is 0.0527. The van der Waals surface area contributed by atoms with Crippen molar-refractivity contribution in [1.82, 2.24) is 4.98 Å². The van der Waals surface area contributed by atoms with Gasteiger partial charge in [0.15, 0.2) is 0 Å². The topological polar surface area (TPSA) is 78.6 Å². The van der Waals surface area contributed by atoms with Gasteiger partial charge in [0.2, 0.25) is 17.3 Å². The predicted molar refractivity (Wildman–Crippen MR) is 74.6 cm³/mol. The zero-order chi connectivity index (χ0) is 15.6. The molecule has 0 bridgehead atoms. The molecule has 0 radical (unpaired) electrons. The highest BCUT2D eigenvalue weighted by atomic mass is 35.5. The highest BCUT2D eigenvalue weighted by molar-refractivity contribution is 6.35. The summed E-state index contributed by atoms with van der Waals surface area (Å²) in [5.41, 5.74) is 0.128. The molecule has 0 aliphatic heterocycles. The number of methoxy groups -OCH3 is 2. The first-order valence-electron chi connectivity index (χ1n) is 5.60. The van der Waals surface area contributed by atoms with E-state index in [1.54, 1.807) is 0 Å². The lowest BCUT2D eigenvalue weighted by Gasteiger charge is -1.98. The van der Waals surface area contributed by atoms with Crippen LogP contribution in [0.1, 0.15) is 21.0 Å². The number of benzene rings is 1. The number of nitrogens with zero attached hydrogens (tertiary/aromatic N) is 1. The third-order valence-corrected chi connectivity index (χ3v) is 2.92. The Bertz CT molecular complexity index is 657. The molecule has 0 unspecified atom stereocenters. The Hall–Kier alpha value is -2.05. The van der Waals surface area contributed by atoms with Crippen molar-refractivity contribution in [3.8, 4) is 11.5 Å². The predicted octanol–water partition coefficient (Wildman–Crippen LogP) is 3.22. The van der Waals surface area contributed by atoms with Gasteiger partial charge in [-0.05, 0) is 18.2 Å². The Morgan fingerprint density at radius 2 is 1.62 bits per heavy atom. The molecule has 0 saturated heterocycles. The lowest BCUT2D eigenvalue weighted by atomic mass is 10.2. The molecular formula is C13H9Cl2NO5. The Balaban J connectivity index is 2.57. The Morgan fingerprint density at radius 3 is 2.14 bits per heavy atom. The fraction of sp³-hybridized carbons (Fsp3) is 0.154. The Labute approximate surface area is 129 Å². The number of esters is 2. The summed E-state index contributed by atoms with van der Waals surface area (Å²) in [4.78, 5) is 27.2. The zero-order valence-electron chi connectivity index (χ0n) is 11.0. The van der Waals surface area contributed by atoms with E-state index in [4.69, 9.17) is 27.6 Å². The molecule has 0 N–H and O–H groups in total. The molecule has 0 spiro atoms. The van der Waals surface area contributed by atoms with E-state index < -0.39 is 11.9 Å². The minimum Gasteiger partial charge on any atom is -0.464 e. The summed E-state index contributed by atoms with van der Waals surface area (Å²) in [5, 5.41) is 0.713. The van der Waals surface area contributed by atoms with Crippen molar-refractivity contribution in [3.05, 3.63) is 39.7 Å². The number of aromatic nitrogens is 1. The zero-order valence-corrected chi connectivity index (χ0v) is 12.5. The number of hydrogen-bond acceptors (Lipinski definition) is 6. The van der Waals surface area contributed by atoms with E-state index >= 15 is 0 Å². The summed E-state index contributed by atoms with van der Waals surface area (Å²) in [6.45, 7) is 0. The summed E-state index contributed by atoms with van der Waals surface area (Å²) < 4.78 is 14.4. The normalized spacial score (nSPS) is 10.3. The quantitative estimate of drug-likeness (QED) is 0.804. The molecule has 1 heterocycles. The van der Waals surface area contributed by atoms with E-state index in [1.165, 1.54) is 18.2 Å². The molecule has 0 atom stereocenters. The molecule has 1 aromatic heterocycles. The van der Waals surface area contributed by atoms with E-state index in [9.17, 15) is 9.59 Å². The van der Waals surface area contributed by atoms with Gasteiger partial charge in [0, 0.05) is 15.6 Å². The van der Waals surface area contributed by atoms with E-state index in [0.717, 1.165) is 14.2 Å². The Morgan fingerprint density at radius 1 is 1.05 bits per heavy atom. The van der Waals surface area contributed by atoms with Gasteiger partial charge >= 0.3 is 11.9 Å². The van der Waals surface area contributed by atoms with Crippen LogP contribution in [-0.4, -0.2) is 31.1 Å². The Kier molecular flexibility index (Phi) is 4.50. The van der Waals surface area contributed by atoms with Gasteiger partial charge in [-0.25, -0.2) is 14.6 Å². The monoisotopic (exact) mass is 329 g/mol.